The lowest BCUT2D eigenvalue weighted by atomic mass is 9.92. The van der Waals surface area contributed by atoms with Gasteiger partial charge in [0.05, 0.1) is 13.2 Å². The van der Waals surface area contributed by atoms with E-state index in [1.807, 2.05) is 18.2 Å². The largest absolute Gasteiger partial charge is 0.497 e. The van der Waals surface area contributed by atoms with Gasteiger partial charge in [-0.3, -0.25) is 11.3 Å². The maximum Gasteiger partial charge on any atom is 0.119 e. The topological polar surface area (TPSA) is 47.3 Å². The molecule has 2 rings (SSSR count). The van der Waals surface area contributed by atoms with Crippen LogP contribution >= 0.6 is 15.9 Å². The molecule has 3 nitrogen and oxygen atoms in total. The monoisotopic (exact) mass is 348 g/mol. The second-order valence-electron chi connectivity index (χ2n) is 5.19. The Morgan fingerprint density at radius 2 is 1.86 bits per heavy atom. The first-order valence-electron chi connectivity index (χ1n) is 6.91. The van der Waals surface area contributed by atoms with E-state index < -0.39 is 0 Å². The van der Waals surface area contributed by atoms with Gasteiger partial charge >= 0.3 is 0 Å². The third-order valence-electron chi connectivity index (χ3n) is 3.77. The lowest BCUT2D eigenvalue weighted by Gasteiger charge is -2.22. The minimum atomic E-state index is 0.0645. The molecule has 21 heavy (non-hydrogen) atoms. The van der Waals surface area contributed by atoms with Gasteiger partial charge in [0.1, 0.15) is 5.75 Å². The van der Waals surface area contributed by atoms with E-state index in [4.69, 9.17) is 10.6 Å². The van der Waals surface area contributed by atoms with Crippen molar-refractivity contribution in [3.05, 3.63) is 63.1 Å². The molecule has 3 N–H and O–H groups in total. The van der Waals surface area contributed by atoms with Crippen molar-refractivity contribution in [3.63, 3.8) is 0 Å². The average Bonchev–Trinajstić information content (AvgIpc) is 2.47. The van der Waals surface area contributed by atoms with Crippen LogP contribution in [0.25, 0.3) is 0 Å². The van der Waals surface area contributed by atoms with E-state index in [1.54, 1.807) is 7.11 Å². The molecule has 2 aromatic rings. The Kier molecular flexibility index (Phi) is 5.39. The molecule has 1 atom stereocenters. The first-order valence-corrected chi connectivity index (χ1v) is 7.70. The summed E-state index contributed by atoms with van der Waals surface area (Å²) < 4.78 is 6.37. The number of nitrogens with two attached hydrogens (primary N) is 1. The van der Waals surface area contributed by atoms with E-state index in [-0.39, 0.29) is 6.04 Å². The summed E-state index contributed by atoms with van der Waals surface area (Å²) in [5, 5.41) is 0. The van der Waals surface area contributed by atoms with Crippen LogP contribution in [0.5, 0.6) is 5.75 Å². The number of hydrazine groups is 1. The summed E-state index contributed by atoms with van der Waals surface area (Å²) in [5.74, 6) is 6.67. The Hall–Kier alpha value is -1.36. The van der Waals surface area contributed by atoms with Crippen molar-refractivity contribution in [2.75, 3.05) is 7.11 Å². The number of ether oxygens (including phenoxy) is 1. The Balaban J connectivity index is 2.36. The number of benzene rings is 2. The minimum absolute atomic E-state index is 0.0645. The quantitative estimate of drug-likeness (QED) is 0.637. The number of methoxy groups -OCH3 is 1. The van der Waals surface area contributed by atoms with E-state index in [1.165, 1.54) is 22.3 Å². The van der Waals surface area contributed by atoms with Crippen LogP contribution in [-0.2, 0) is 6.42 Å². The van der Waals surface area contributed by atoms with Crippen LogP contribution in [0.4, 0.5) is 0 Å². The van der Waals surface area contributed by atoms with Gasteiger partial charge < -0.3 is 4.74 Å². The molecule has 0 amide bonds. The van der Waals surface area contributed by atoms with Crippen molar-refractivity contribution in [1.82, 2.24) is 5.43 Å². The third-order valence-corrected chi connectivity index (χ3v) is 4.54. The maximum atomic E-state index is 5.81. The van der Waals surface area contributed by atoms with Crippen LogP contribution < -0.4 is 16.0 Å². The van der Waals surface area contributed by atoms with Gasteiger partial charge in [-0.15, -0.1) is 0 Å². The van der Waals surface area contributed by atoms with E-state index >= 15 is 0 Å². The SMILES string of the molecule is COc1ccc(Br)c(CC(NN)c2c(C)cccc2C)c1. The molecule has 0 fully saturated rings. The molecule has 0 bridgehead atoms. The van der Waals surface area contributed by atoms with Gasteiger partial charge in [-0.2, -0.15) is 0 Å². The van der Waals surface area contributed by atoms with E-state index in [0.29, 0.717) is 0 Å². The smallest absolute Gasteiger partial charge is 0.119 e. The minimum Gasteiger partial charge on any atom is -0.497 e. The molecule has 112 valence electrons. The second-order valence-corrected chi connectivity index (χ2v) is 6.04. The van der Waals surface area contributed by atoms with Crippen LogP contribution in [-0.4, -0.2) is 7.11 Å². The lowest BCUT2D eigenvalue weighted by Crippen LogP contribution is -2.30. The van der Waals surface area contributed by atoms with Crippen molar-refractivity contribution >= 4 is 15.9 Å². The normalized spacial score (nSPS) is 12.2. The van der Waals surface area contributed by atoms with Crippen LogP contribution in [0.2, 0.25) is 0 Å². The predicted octanol–water partition coefficient (Wildman–Crippen LogP) is 3.82. The summed E-state index contributed by atoms with van der Waals surface area (Å²) in [6.07, 6.45) is 0.792. The summed E-state index contributed by atoms with van der Waals surface area (Å²) in [4.78, 5) is 0. The molecular weight excluding hydrogens is 328 g/mol. The molecule has 0 aliphatic rings. The molecule has 0 spiro atoms. The van der Waals surface area contributed by atoms with Crippen LogP contribution in [0, 0.1) is 13.8 Å². The van der Waals surface area contributed by atoms with Crippen LogP contribution in [0.3, 0.4) is 0 Å². The Morgan fingerprint density at radius 3 is 2.43 bits per heavy atom. The fraction of sp³-hybridized carbons (Fsp3) is 0.294. The summed E-state index contributed by atoms with van der Waals surface area (Å²) in [6.45, 7) is 4.24. The molecule has 0 aromatic heterocycles. The zero-order valence-electron chi connectivity index (χ0n) is 12.6. The van der Waals surface area contributed by atoms with E-state index in [0.717, 1.165) is 16.6 Å². The summed E-state index contributed by atoms with van der Waals surface area (Å²) in [7, 11) is 1.68. The highest BCUT2D eigenvalue weighted by Gasteiger charge is 2.17. The molecule has 2 aromatic carbocycles. The van der Waals surface area contributed by atoms with E-state index in [2.05, 4.69) is 53.4 Å². The Morgan fingerprint density at radius 1 is 1.19 bits per heavy atom. The molecular formula is C17H21BrN2O. The first kappa shape index (κ1) is 16.0. The van der Waals surface area contributed by atoms with Gasteiger partial charge in [0, 0.05) is 4.47 Å². The lowest BCUT2D eigenvalue weighted by molar-refractivity contribution is 0.413. The number of halogens is 1. The van der Waals surface area contributed by atoms with Crippen LogP contribution in [0.15, 0.2) is 40.9 Å². The van der Waals surface area contributed by atoms with Crippen molar-refractivity contribution < 1.29 is 4.74 Å². The van der Waals surface area contributed by atoms with Crippen molar-refractivity contribution in [3.8, 4) is 5.75 Å². The standard InChI is InChI=1S/C17H21BrN2O/c1-11-5-4-6-12(2)17(11)16(20-19)10-13-9-14(21-3)7-8-15(13)18/h4-9,16,20H,10,19H2,1-3H3. The highest BCUT2D eigenvalue weighted by atomic mass is 79.9. The van der Waals surface area contributed by atoms with Gasteiger partial charge in [-0.25, -0.2) is 0 Å². The molecule has 1 unspecified atom stereocenters. The highest BCUT2D eigenvalue weighted by Crippen LogP contribution is 2.29. The summed E-state index contributed by atoms with van der Waals surface area (Å²) in [5.41, 5.74) is 7.87. The number of aryl methyl sites for hydroxylation is 2. The highest BCUT2D eigenvalue weighted by molar-refractivity contribution is 9.10. The fourth-order valence-corrected chi connectivity index (χ4v) is 3.08. The van der Waals surface area contributed by atoms with Gasteiger partial charge in [0.15, 0.2) is 0 Å². The number of nitrogens with one attached hydrogen (secondary N) is 1. The zero-order chi connectivity index (χ0) is 15.4. The van der Waals surface area contributed by atoms with Crippen molar-refractivity contribution in [2.24, 2.45) is 5.84 Å². The number of hydrogen-bond donors (Lipinski definition) is 2. The van der Waals surface area contributed by atoms with Gasteiger partial charge in [-0.05, 0) is 60.7 Å². The summed E-state index contributed by atoms with van der Waals surface area (Å²) >= 11 is 3.60. The Bertz CT molecular complexity index is 608. The molecule has 0 aliphatic heterocycles. The third kappa shape index (κ3) is 3.64. The second kappa shape index (κ2) is 7.07. The summed E-state index contributed by atoms with van der Waals surface area (Å²) in [6, 6.07) is 12.4. The van der Waals surface area contributed by atoms with E-state index in [9.17, 15) is 0 Å². The van der Waals surface area contributed by atoms with Gasteiger partial charge in [-0.1, -0.05) is 34.1 Å². The molecule has 4 heteroatoms. The first-order chi connectivity index (χ1) is 10.1. The maximum absolute atomic E-state index is 5.81. The molecule has 0 saturated carbocycles. The zero-order valence-corrected chi connectivity index (χ0v) is 14.2. The molecule has 0 heterocycles. The fourth-order valence-electron chi connectivity index (χ4n) is 2.68. The van der Waals surface area contributed by atoms with Gasteiger partial charge in [0.25, 0.3) is 0 Å². The molecule has 0 radical (unpaired) electrons. The molecule has 0 saturated heterocycles. The Labute approximate surface area is 134 Å². The van der Waals surface area contributed by atoms with Crippen molar-refractivity contribution in [2.45, 2.75) is 26.3 Å². The molecule has 0 aliphatic carbocycles. The average molecular weight is 349 g/mol. The number of rotatable bonds is 5. The van der Waals surface area contributed by atoms with Gasteiger partial charge in [0.2, 0.25) is 0 Å². The predicted molar refractivity (Wildman–Crippen MR) is 90.4 cm³/mol. The van der Waals surface area contributed by atoms with Crippen molar-refractivity contribution in [1.29, 1.82) is 0 Å². The van der Waals surface area contributed by atoms with Crippen LogP contribution in [0.1, 0.15) is 28.3 Å². The number of hydrogen-bond acceptors (Lipinski definition) is 3.